The SMILES string of the molecule is CC[C@H](C)NC(=O)CN1CCC(Oc2ncnc3c2c(C)c(C)n3C2CCCC2)CC1. The van der Waals surface area contributed by atoms with Crippen molar-refractivity contribution in [2.24, 2.45) is 0 Å². The van der Waals surface area contributed by atoms with Crippen LogP contribution in [-0.2, 0) is 4.79 Å². The molecule has 2 aromatic rings. The molecule has 0 radical (unpaired) electrons. The van der Waals surface area contributed by atoms with Crippen LogP contribution in [0.2, 0.25) is 0 Å². The number of nitrogens with zero attached hydrogens (tertiary/aromatic N) is 4. The molecule has 2 fully saturated rings. The summed E-state index contributed by atoms with van der Waals surface area (Å²) < 4.78 is 8.85. The molecule has 7 heteroatoms. The Balaban J connectivity index is 1.42. The lowest BCUT2D eigenvalue weighted by atomic mass is 10.1. The number of hydrogen-bond acceptors (Lipinski definition) is 5. The van der Waals surface area contributed by atoms with E-state index >= 15 is 0 Å². The highest BCUT2D eigenvalue weighted by molar-refractivity contribution is 5.86. The van der Waals surface area contributed by atoms with Crippen molar-refractivity contribution in [1.82, 2.24) is 24.8 Å². The number of aryl methyl sites for hydroxylation is 1. The fraction of sp³-hybridized carbons (Fsp3) is 0.708. The van der Waals surface area contributed by atoms with Crippen LogP contribution < -0.4 is 10.1 Å². The number of carbonyl (C=O) groups is 1. The first-order chi connectivity index (χ1) is 15.0. The second-order valence-corrected chi connectivity index (χ2v) is 9.37. The largest absolute Gasteiger partial charge is 0.474 e. The van der Waals surface area contributed by atoms with Crippen LogP contribution in [0.3, 0.4) is 0 Å². The molecule has 2 aliphatic rings. The maximum Gasteiger partial charge on any atom is 0.234 e. The number of carbonyl (C=O) groups excluding carboxylic acids is 1. The fourth-order valence-electron chi connectivity index (χ4n) is 5.06. The summed E-state index contributed by atoms with van der Waals surface area (Å²) in [6.45, 7) is 10.7. The molecule has 1 N–H and O–H groups in total. The van der Waals surface area contributed by atoms with Gasteiger partial charge < -0.3 is 14.6 Å². The number of aromatic nitrogens is 3. The Morgan fingerprint density at radius 1 is 1.19 bits per heavy atom. The zero-order valence-corrected chi connectivity index (χ0v) is 19.5. The quantitative estimate of drug-likeness (QED) is 0.725. The van der Waals surface area contributed by atoms with Crippen LogP contribution >= 0.6 is 0 Å². The van der Waals surface area contributed by atoms with Gasteiger partial charge in [0, 0.05) is 30.9 Å². The lowest BCUT2D eigenvalue weighted by Crippen LogP contribution is -2.45. The van der Waals surface area contributed by atoms with E-state index in [1.165, 1.54) is 36.9 Å². The van der Waals surface area contributed by atoms with Gasteiger partial charge in [0.2, 0.25) is 11.8 Å². The fourth-order valence-corrected chi connectivity index (χ4v) is 5.06. The number of amides is 1. The third kappa shape index (κ3) is 4.71. The summed E-state index contributed by atoms with van der Waals surface area (Å²) in [5.74, 6) is 0.834. The van der Waals surface area contributed by atoms with Crippen molar-refractivity contribution in [3.63, 3.8) is 0 Å². The summed E-state index contributed by atoms with van der Waals surface area (Å²) in [4.78, 5) is 23.6. The molecule has 1 aliphatic carbocycles. The molecule has 2 aromatic heterocycles. The second-order valence-electron chi connectivity index (χ2n) is 9.37. The van der Waals surface area contributed by atoms with E-state index in [-0.39, 0.29) is 18.1 Å². The first-order valence-corrected chi connectivity index (χ1v) is 12.0. The Kier molecular flexibility index (Phi) is 6.80. The number of likely N-dealkylation sites (tertiary alicyclic amines) is 1. The number of nitrogens with one attached hydrogen (secondary N) is 1. The van der Waals surface area contributed by atoms with Crippen molar-refractivity contribution < 1.29 is 9.53 Å². The molecule has 0 spiro atoms. The van der Waals surface area contributed by atoms with Crippen molar-refractivity contribution in [1.29, 1.82) is 0 Å². The van der Waals surface area contributed by atoms with Gasteiger partial charge in [0.1, 0.15) is 18.1 Å². The molecule has 0 aromatic carbocycles. The van der Waals surface area contributed by atoms with Gasteiger partial charge in [0.25, 0.3) is 0 Å². The lowest BCUT2D eigenvalue weighted by Gasteiger charge is -2.31. The maximum absolute atomic E-state index is 12.2. The highest BCUT2D eigenvalue weighted by Gasteiger charge is 2.27. The molecule has 170 valence electrons. The first kappa shape index (κ1) is 22.1. The highest BCUT2D eigenvalue weighted by atomic mass is 16.5. The van der Waals surface area contributed by atoms with Crippen molar-refractivity contribution in [2.45, 2.75) is 90.8 Å². The molecule has 0 unspecified atom stereocenters. The zero-order chi connectivity index (χ0) is 22.0. The topological polar surface area (TPSA) is 72.3 Å². The minimum atomic E-state index is 0.116. The summed E-state index contributed by atoms with van der Waals surface area (Å²) in [6, 6.07) is 0.778. The van der Waals surface area contributed by atoms with Gasteiger partial charge in [-0.15, -0.1) is 0 Å². The van der Waals surface area contributed by atoms with E-state index in [1.807, 2.05) is 6.92 Å². The van der Waals surface area contributed by atoms with Gasteiger partial charge in [0.05, 0.1) is 11.9 Å². The summed E-state index contributed by atoms with van der Waals surface area (Å²) in [7, 11) is 0. The van der Waals surface area contributed by atoms with E-state index in [0.29, 0.717) is 12.6 Å². The van der Waals surface area contributed by atoms with Crippen molar-refractivity contribution in [2.75, 3.05) is 19.6 Å². The Labute approximate surface area is 185 Å². The minimum Gasteiger partial charge on any atom is -0.474 e. The molecule has 3 heterocycles. The molecule has 1 amide bonds. The van der Waals surface area contributed by atoms with E-state index in [9.17, 15) is 4.79 Å². The molecule has 0 bridgehead atoms. The molecular weight excluding hydrogens is 390 g/mol. The summed E-state index contributed by atoms with van der Waals surface area (Å²) in [6.07, 6.45) is 9.60. The Morgan fingerprint density at radius 2 is 1.90 bits per heavy atom. The van der Waals surface area contributed by atoms with E-state index in [2.05, 4.69) is 45.5 Å². The summed E-state index contributed by atoms with van der Waals surface area (Å²) in [5, 5.41) is 4.13. The Morgan fingerprint density at radius 3 is 2.58 bits per heavy atom. The van der Waals surface area contributed by atoms with Crippen molar-refractivity contribution in [3.8, 4) is 5.88 Å². The third-order valence-electron chi connectivity index (χ3n) is 7.19. The van der Waals surface area contributed by atoms with Gasteiger partial charge in [-0.2, -0.15) is 0 Å². The summed E-state index contributed by atoms with van der Waals surface area (Å²) in [5.41, 5.74) is 3.54. The van der Waals surface area contributed by atoms with Gasteiger partial charge in [-0.05, 0) is 58.4 Å². The number of ether oxygens (including phenoxy) is 1. The average molecular weight is 428 g/mol. The van der Waals surface area contributed by atoms with E-state index in [0.717, 1.165) is 49.3 Å². The van der Waals surface area contributed by atoms with E-state index in [1.54, 1.807) is 6.33 Å². The zero-order valence-electron chi connectivity index (χ0n) is 19.5. The lowest BCUT2D eigenvalue weighted by molar-refractivity contribution is -0.123. The number of rotatable bonds is 7. The van der Waals surface area contributed by atoms with Crippen LogP contribution in [-0.4, -0.2) is 57.1 Å². The molecule has 4 rings (SSSR count). The molecule has 1 saturated heterocycles. The summed E-state index contributed by atoms with van der Waals surface area (Å²) >= 11 is 0. The molecule has 1 saturated carbocycles. The van der Waals surface area contributed by atoms with Crippen LogP contribution in [0.25, 0.3) is 11.0 Å². The number of hydrogen-bond donors (Lipinski definition) is 1. The number of piperidine rings is 1. The second kappa shape index (κ2) is 9.55. The van der Waals surface area contributed by atoms with Crippen LogP contribution in [0.15, 0.2) is 6.33 Å². The van der Waals surface area contributed by atoms with E-state index < -0.39 is 0 Å². The highest BCUT2D eigenvalue weighted by Crippen LogP contribution is 2.38. The van der Waals surface area contributed by atoms with E-state index in [4.69, 9.17) is 4.74 Å². The third-order valence-corrected chi connectivity index (χ3v) is 7.19. The molecule has 7 nitrogen and oxygen atoms in total. The smallest absolute Gasteiger partial charge is 0.234 e. The molecule has 31 heavy (non-hydrogen) atoms. The predicted molar refractivity (Wildman–Crippen MR) is 122 cm³/mol. The molecule has 1 aliphatic heterocycles. The molecular formula is C24H37N5O2. The predicted octanol–water partition coefficient (Wildman–Crippen LogP) is 3.92. The van der Waals surface area contributed by atoms with Crippen LogP contribution in [0, 0.1) is 13.8 Å². The van der Waals surface area contributed by atoms with Gasteiger partial charge in [-0.25, -0.2) is 9.97 Å². The van der Waals surface area contributed by atoms with Crippen LogP contribution in [0.5, 0.6) is 5.88 Å². The van der Waals surface area contributed by atoms with Crippen LogP contribution in [0.1, 0.15) is 76.1 Å². The standard InChI is InChI=1S/C24H37N5O2/c1-5-16(2)27-21(30)14-28-12-10-20(11-13-28)31-24-22-17(3)18(4)29(19-8-6-7-9-19)23(22)25-15-26-24/h15-16,19-20H,5-14H2,1-4H3,(H,27,30)/t16-/m0/s1. The monoisotopic (exact) mass is 427 g/mol. The average Bonchev–Trinajstić information content (AvgIpc) is 3.37. The Hall–Kier alpha value is -2.15. The number of fused-ring (bicyclic) bond motifs is 1. The maximum atomic E-state index is 12.2. The van der Waals surface area contributed by atoms with Crippen molar-refractivity contribution >= 4 is 16.9 Å². The van der Waals surface area contributed by atoms with Crippen molar-refractivity contribution in [3.05, 3.63) is 17.6 Å². The first-order valence-electron chi connectivity index (χ1n) is 12.0. The molecule has 1 atom stereocenters. The minimum absolute atomic E-state index is 0.116. The van der Waals surface area contributed by atoms with Gasteiger partial charge in [-0.3, -0.25) is 9.69 Å². The Bertz CT molecular complexity index is 910. The van der Waals surface area contributed by atoms with Gasteiger partial charge in [-0.1, -0.05) is 19.8 Å². The van der Waals surface area contributed by atoms with Gasteiger partial charge >= 0.3 is 0 Å². The van der Waals surface area contributed by atoms with Crippen LogP contribution in [0.4, 0.5) is 0 Å². The van der Waals surface area contributed by atoms with Gasteiger partial charge in [0.15, 0.2) is 0 Å². The normalized spacial score (nSPS) is 19.7.